The van der Waals surface area contributed by atoms with Gasteiger partial charge in [-0.15, -0.1) is 10.2 Å². The summed E-state index contributed by atoms with van der Waals surface area (Å²) in [5.41, 5.74) is 2.13. The molecule has 0 unspecified atom stereocenters. The van der Waals surface area contributed by atoms with Crippen molar-refractivity contribution in [3.63, 3.8) is 0 Å². The Morgan fingerprint density at radius 2 is 1.72 bits per heavy atom. The minimum atomic E-state index is -4.94. The lowest BCUT2D eigenvalue weighted by Gasteiger charge is -2.20. The number of hydrogen-bond donors (Lipinski definition) is 0. The SMILES string of the molecule is CCN(CC)c1ccc2cc3sc(=[N+]4CCCCC4)nc-3oc2c1.[O-][Cl+3]([O-])([O-])[O-]. The van der Waals surface area contributed by atoms with Crippen LogP contribution in [0.15, 0.2) is 28.7 Å². The average Bonchev–Trinajstić information content (AvgIpc) is 3.09. The van der Waals surface area contributed by atoms with E-state index in [9.17, 15) is 0 Å². The van der Waals surface area contributed by atoms with Crippen molar-refractivity contribution in [2.45, 2.75) is 33.1 Å². The van der Waals surface area contributed by atoms with E-state index in [-0.39, 0.29) is 0 Å². The van der Waals surface area contributed by atoms with Gasteiger partial charge in [-0.2, -0.15) is 0 Å². The maximum absolute atomic E-state index is 8.49. The van der Waals surface area contributed by atoms with Crippen LogP contribution in [-0.2, 0) is 0 Å². The summed E-state index contributed by atoms with van der Waals surface area (Å²) in [6.07, 6.45) is 3.87. The first-order valence-electron chi connectivity index (χ1n) is 9.57. The molecule has 0 saturated carbocycles. The van der Waals surface area contributed by atoms with E-state index in [0.717, 1.165) is 52.7 Å². The molecule has 0 N–H and O–H groups in total. The van der Waals surface area contributed by atoms with Crippen molar-refractivity contribution in [3.8, 4) is 10.8 Å². The molecule has 1 aromatic carbocycles. The lowest BCUT2D eigenvalue weighted by Crippen LogP contribution is -2.68. The molecule has 0 bridgehead atoms. The third-order valence-electron chi connectivity index (χ3n) is 4.85. The van der Waals surface area contributed by atoms with Gasteiger partial charge in [0.25, 0.3) is 0 Å². The standard InChI is InChI=1S/C19H24N3OS.ClHO4/c1-3-21(4-2)15-9-8-14-12-17-18(23-16(14)13-15)20-19(24-17)22-10-6-5-7-11-22;2-1(3,4)5/h8-9,12-13H,3-7,10-11H2,1-2H3;(H,2,3,4,5)/q+1;/p-1. The highest BCUT2D eigenvalue weighted by Gasteiger charge is 2.22. The van der Waals surface area contributed by atoms with Crippen LogP contribution in [0.2, 0.25) is 0 Å². The average molecular weight is 442 g/mol. The summed E-state index contributed by atoms with van der Waals surface area (Å²) in [5.74, 6) is 0.768. The summed E-state index contributed by atoms with van der Waals surface area (Å²) in [6.45, 7) is 8.59. The molecular weight excluding hydrogens is 418 g/mol. The number of fused-ring (bicyclic) bond motifs is 2. The van der Waals surface area contributed by atoms with Crippen molar-refractivity contribution in [1.29, 1.82) is 0 Å². The van der Waals surface area contributed by atoms with Gasteiger partial charge in [-0.25, -0.2) is 23.2 Å². The summed E-state index contributed by atoms with van der Waals surface area (Å²) >= 11 is 1.75. The molecule has 0 radical (unpaired) electrons. The number of piperidine rings is 1. The lowest BCUT2D eigenvalue weighted by atomic mass is 10.2. The number of rotatable bonds is 3. The van der Waals surface area contributed by atoms with Crippen LogP contribution in [0.4, 0.5) is 5.69 Å². The molecule has 29 heavy (non-hydrogen) atoms. The molecule has 8 nitrogen and oxygen atoms in total. The second-order valence-electron chi connectivity index (χ2n) is 6.73. The van der Waals surface area contributed by atoms with Crippen molar-refractivity contribution in [3.05, 3.63) is 29.1 Å². The van der Waals surface area contributed by atoms with E-state index in [1.807, 2.05) is 0 Å². The van der Waals surface area contributed by atoms with Gasteiger partial charge in [0.1, 0.15) is 10.5 Å². The molecule has 1 fully saturated rings. The predicted octanol–water partition coefficient (Wildman–Crippen LogP) is -0.960. The number of nitrogens with zero attached hydrogens (tertiary/aromatic N) is 3. The fourth-order valence-corrected chi connectivity index (χ4v) is 4.45. The maximum atomic E-state index is 8.49. The second kappa shape index (κ2) is 9.38. The zero-order chi connectivity index (χ0) is 21.0. The Hall–Kier alpha value is -1.75. The number of aromatic nitrogens is 1. The Bertz CT molecular complexity index is 979. The number of halogens is 1. The molecule has 158 valence electrons. The summed E-state index contributed by atoms with van der Waals surface area (Å²) in [6, 6.07) is 8.70. The molecular formula is C19H24ClN3O5S. The number of anilines is 1. The first-order chi connectivity index (χ1) is 13.8. The molecule has 0 atom stereocenters. The number of benzene rings is 1. The van der Waals surface area contributed by atoms with Gasteiger partial charge in [-0.3, -0.25) is 0 Å². The fraction of sp³-hybridized carbons (Fsp3) is 0.474. The molecule has 10 heteroatoms. The number of thiazole rings is 1. The van der Waals surface area contributed by atoms with Crippen LogP contribution < -0.4 is 32.9 Å². The molecule has 0 aromatic heterocycles. The monoisotopic (exact) mass is 441 g/mol. The van der Waals surface area contributed by atoms with E-state index in [1.165, 1.54) is 24.9 Å². The van der Waals surface area contributed by atoms with E-state index in [2.05, 4.69) is 47.6 Å². The van der Waals surface area contributed by atoms with Crippen LogP contribution in [0.25, 0.3) is 21.7 Å². The molecule has 0 spiro atoms. The van der Waals surface area contributed by atoms with Crippen molar-refractivity contribution < 1.29 is 33.3 Å². The van der Waals surface area contributed by atoms with Crippen molar-refractivity contribution in [1.82, 2.24) is 9.56 Å². The topological polar surface area (TPSA) is 125 Å². The van der Waals surface area contributed by atoms with E-state index in [1.54, 1.807) is 11.3 Å². The smallest absolute Gasteiger partial charge is 0.382 e. The molecule has 3 aliphatic rings. The first-order valence-corrected chi connectivity index (χ1v) is 11.6. The summed E-state index contributed by atoms with van der Waals surface area (Å²) in [4.78, 5) is 9.34. The summed E-state index contributed by atoms with van der Waals surface area (Å²) < 4.78 is 42.5. The molecule has 3 aliphatic heterocycles. The van der Waals surface area contributed by atoms with Gasteiger partial charge in [0.2, 0.25) is 0 Å². The normalized spacial score (nSPS) is 14.8. The Balaban J connectivity index is 0.000000431. The van der Waals surface area contributed by atoms with Gasteiger partial charge < -0.3 is 9.32 Å². The Kier molecular flexibility index (Phi) is 7.10. The van der Waals surface area contributed by atoms with Gasteiger partial charge in [-0.05, 0) is 62.6 Å². The second-order valence-corrected chi connectivity index (χ2v) is 8.50. The van der Waals surface area contributed by atoms with Gasteiger partial charge in [-0.1, -0.05) is 0 Å². The third-order valence-corrected chi connectivity index (χ3v) is 5.90. The quantitative estimate of drug-likeness (QED) is 0.479. The molecule has 1 saturated heterocycles. The fourth-order valence-electron chi connectivity index (χ4n) is 3.45. The summed E-state index contributed by atoms with van der Waals surface area (Å²) in [5, 5.41) is 1.15. The Labute approximate surface area is 175 Å². The van der Waals surface area contributed by atoms with E-state index >= 15 is 0 Å². The lowest BCUT2D eigenvalue weighted by molar-refractivity contribution is -2.00. The zero-order valence-corrected chi connectivity index (χ0v) is 18.0. The largest absolute Gasteiger partial charge is 0.419 e. The van der Waals surface area contributed by atoms with Crippen molar-refractivity contribution in [2.75, 3.05) is 31.1 Å². The van der Waals surface area contributed by atoms with Crippen LogP contribution in [0.1, 0.15) is 33.1 Å². The van der Waals surface area contributed by atoms with Crippen LogP contribution in [-0.4, -0.2) is 31.2 Å². The molecule has 1 aromatic rings. The third kappa shape index (κ3) is 5.88. The van der Waals surface area contributed by atoms with Crippen LogP contribution in [0.3, 0.4) is 0 Å². The molecule has 3 heterocycles. The minimum Gasteiger partial charge on any atom is -0.419 e. The highest BCUT2D eigenvalue weighted by molar-refractivity contribution is 7.12. The minimum absolute atomic E-state index is 0.768. The van der Waals surface area contributed by atoms with Crippen molar-refractivity contribution >= 4 is 28.0 Å². The molecule has 0 aliphatic carbocycles. The van der Waals surface area contributed by atoms with Gasteiger partial charge in [0, 0.05) is 35.2 Å². The summed E-state index contributed by atoms with van der Waals surface area (Å²) in [7, 11) is -4.94. The maximum Gasteiger partial charge on any atom is 0.382 e. The number of hydrogen-bond acceptors (Lipinski definition) is 8. The van der Waals surface area contributed by atoms with Crippen molar-refractivity contribution in [2.24, 2.45) is 0 Å². The Morgan fingerprint density at radius 1 is 1.07 bits per heavy atom. The van der Waals surface area contributed by atoms with Crippen LogP contribution in [0.5, 0.6) is 0 Å². The van der Waals surface area contributed by atoms with Gasteiger partial charge in [0.05, 0.1) is 13.1 Å². The van der Waals surface area contributed by atoms with E-state index in [0.29, 0.717) is 0 Å². The first kappa shape index (κ1) is 21.9. The van der Waals surface area contributed by atoms with E-state index < -0.39 is 10.2 Å². The molecule has 4 rings (SSSR count). The van der Waals surface area contributed by atoms with Crippen LogP contribution in [0, 0.1) is 10.2 Å². The Morgan fingerprint density at radius 3 is 2.34 bits per heavy atom. The highest BCUT2D eigenvalue weighted by atomic mass is 35.7. The predicted molar refractivity (Wildman–Crippen MR) is 101 cm³/mol. The van der Waals surface area contributed by atoms with Gasteiger partial charge in [0.15, 0.2) is 0 Å². The zero-order valence-electron chi connectivity index (χ0n) is 16.4. The van der Waals surface area contributed by atoms with E-state index in [4.69, 9.17) is 28.0 Å². The van der Waals surface area contributed by atoms with Gasteiger partial charge >= 0.3 is 10.7 Å². The molecule has 0 amide bonds. The highest BCUT2D eigenvalue weighted by Crippen LogP contribution is 2.30. The van der Waals surface area contributed by atoms with Crippen LogP contribution >= 0.6 is 11.3 Å².